The summed E-state index contributed by atoms with van der Waals surface area (Å²) in [6.07, 6.45) is -1.56. The molecule has 1 saturated heterocycles. The van der Waals surface area contributed by atoms with Gasteiger partial charge in [-0.05, 0) is 55.2 Å². The molecular weight excluding hydrogens is 354 g/mol. The molecule has 0 aromatic heterocycles. The maximum absolute atomic E-state index is 13.6. The molecular formula is C18H21F4NO3. The largest absolute Gasteiger partial charge is 0.573 e. The minimum absolute atomic E-state index is 0.0990. The molecule has 0 bridgehead atoms. The van der Waals surface area contributed by atoms with Crippen LogP contribution >= 0.6 is 0 Å². The number of hydrogen-bond acceptors (Lipinski definition) is 3. The van der Waals surface area contributed by atoms with E-state index in [1.165, 1.54) is 0 Å². The fourth-order valence-electron chi connectivity index (χ4n) is 3.39. The molecule has 1 aliphatic heterocycles. The van der Waals surface area contributed by atoms with Crippen molar-refractivity contribution >= 4 is 5.91 Å². The first-order chi connectivity index (χ1) is 12.2. The fraction of sp³-hybridized carbons (Fsp3) is 0.611. The van der Waals surface area contributed by atoms with Gasteiger partial charge in [0, 0.05) is 12.6 Å². The average molecular weight is 375 g/mol. The second-order valence-corrected chi connectivity index (χ2v) is 7.14. The molecule has 144 valence electrons. The summed E-state index contributed by atoms with van der Waals surface area (Å²) in [7, 11) is 0. The van der Waals surface area contributed by atoms with E-state index in [-0.39, 0.29) is 23.9 Å². The molecule has 26 heavy (non-hydrogen) atoms. The SMILES string of the molecule is CC1CC[C@@](C(=O)NCc2cc(F)cc(OC(F)(F)F)c2)(C2CC2)OC1. The van der Waals surface area contributed by atoms with Crippen molar-refractivity contribution in [1.29, 1.82) is 0 Å². The van der Waals surface area contributed by atoms with E-state index in [0.717, 1.165) is 31.4 Å². The van der Waals surface area contributed by atoms with E-state index in [4.69, 9.17) is 4.74 Å². The summed E-state index contributed by atoms with van der Waals surface area (Å²) >= 11 is 0. The Morgan fingerprint density at radius 2 is 2.04 bits per heavy atom. The molecule has 2 aliphatic rings. The molecule has 1 aromatic rings. The maximum atomic E-state index is 13.6. The number of rotatable bonds is 5. The van der Waals surface area contributed by atoms with Crippen LogP contribution < -0.4 is 10.1 Å². The van der Waals surface area contributed by atoms with Crippen molar-refractivity contribution in [3.63, 3.8) is 0 Å². The minimum atomic E-state index is -4.91. The third-order valence-electron chi connectivity index (χ3n) is 4.87. The van der Waals surface area contributed by atoms with E-state index < -0.39 is 23.5 Å². The van der Waals surface area contributed by atoms with Crippen molar-refractivity contribution in [3.05, 3.63) is 29.6 Å². The van der Waals surface area contributed by atoms with Gasteiger partial charge in [0.1, 0.15) is 17.2 Å². The van der Waals surface area contributed by atoms with E-state index in [1.807, 2.05) is 0 Å². The number of carbonyl (C=O) groups excluding carboxylic acids is 1. The van der Waals surface area contributed by atoms with E-state index in [0.29, 0.717) is 25.0 Å². The van der Waals surface area contributed by atoms with E-state index in [2.05, 4.69) is 17.0 Å². The Kier molecular flexibility index (Phi) is 5.14. The summed E-state index contributed by atoms with van der Waals surface area (Å²) in [6, 6.07) is 2.78. The molecule has 1 heterocycles. The van der Waals surface area contributed by atoms with Crippen LogP contribution in [0.25, 0.3) is 0 Å². The number of carbonyl (C=O) groups is 1. The van der Waals surface area contributed by atoms with Gasteiger partial charge in [-0.25, -0.2) is 4.39 Å². The Bertz CT molecular complexity index is 665. The highest BCUT2D eigenvalue weighted by Gasteiger charge is 2.53. The van der Waals surface area contributed by atoms with E-state index in [1.54, 1.807) is 0 Å². The van der Waals surface area contributed by atoms with Crippen molar-refractivity contribution in [2.75, 3.05) is 6.61 Å². The summed E-state index contributed by atoms with van der Waals surface area (Å²) in [5.41, 5.74) is -0.682. The Hall–Kier alpha value is -1.83. The predicted octanol–water partition coefficient (Wildman–Crippen LogP) is 3.94. The highest BCUT2D eigenvalue weighted by molar-refractivity contribution is 5.86. The Morgan fingerprint density at radius 3 is 2.62 bits per heavy atom. The van der Waals surface area contributed by atoms with Crippen LogP contribution in [0.3, 0.4) is 0 Å². The average Bonchev–Trinajstić information content (AvgIpc) is 3.36. The lowest BCUT2D eigenvalue weighted by molar-refractivity contribution is -0.274. The van der Waals surface area contributed by atoms with Gasteiger partial charge in [-0.1, -0.05) is 6.92 Å². The predicted molar refractivity (Wildman–Crippen MR) is 84.7 cm³/mol. The Morgan fingerprint density at radius 1 is 1.31 bits per heavy atom. The highest BCUT2D eigenvalue weighted by atomic mass is 19.4. The third kappa shape index (κ3) is 4.47. The van der Waals surface area contributed by atoms with Crippen molar-refractivity contribution < 1.29 is 31.8 Å². The van der Waals surface area contributed by atoms with Crippen LogP contribution in [-0.2, 0) is 16.1 Å². The molecule has 2 fully saturated rings. The lowest BCUT2D eigenvalue weighted by Crippen LogP contribution is -2.53. The number of alkyl halides is 3. The number of hydrogen-bond donors (Lipinski definition) is 1. The topological polar surface area (TPSA) is 47.6 Å². The van der Waals surface area contributed by atoms with Crippen LogP contribution in [-0.4, -0.2) is 24.5 Å². The number of ether oxygens (including phenoxy) is 2. The van der Waals surface area contributed by atoms with Crippen LogP contribution in [0.2, 0.25) is 0 Å². The van der Waals surface area contributed by atoms with Gasteiger partial charge in [0.15, 0.2) is 0 Å². The molecule has 2 atom stereocenters. The quantitative estimate of drug-likeness (QED) is 0.793. The summed E-state index contributed by atoms with van der Waals surface area (Å²) in [5.74, 6) is -1.24. The molecule has 1 aliphatic carbocycles. The monoisotopic (exact) mass is 375 g/mol. The molecule has 1 saturated carbocycles. The zero-order valence-corrected chi connectivity index (χ0v) is 14.4. The molecule has 1 unspecified atom stereocenters. The van der Waals surface area contributed by atoms with Crippen molar-refractivity contribution in [1.82, 2.24) is 5.32 Å². The van der Waals surface area contributed by atoms with E-state index in [9.17, 15) is 22.4 Å². The summed E-state index contributed by atoms with van der Waals surface area (Å²) in [5, 5.41) is 2.70. The lowest BCUT2D eigenvalue weighted by Gasteiger charge is -2.38. The van der Waals surface area contributed by atoms with Gasteiger partial charge in [0.05, 0.1) is 6.61 Å². The smallest absolute Gasteiger partial charge is 0.406 e. The second-order valence-electron chi connectivity index (χ2n) is 7.14. The van der Waals surface area contributed by atoms with Gasteiger partial charge >= 0.3 is 6.36 Å². The van der Waals surface area contributed by atoms with Gasteiger partial charge in [-0.3, -0.25) is 4.79 Å². The molecule has 1 amide bonds. The zero-order chi connectivity index (χ0) is 18.9. The third-order valence-corrected chi connectivity index (χ3v) is 4.87. The zero-order valence-electron chi connectivity index (χ0n) is 14.4. The summed E-state index contributed by atoms with van der Waals surface area (Å²) < 4.78 is 60.1. The molecule has 1 aromatic carbocycles. The second kappa shape index (κ2) is 7.06. The molecule has 0 radical (unpaired) electrons. The molecule has 0 spiro atoms. The molecule has 8 heteroatoms. The number of amides is 1. The van der Waals surface area contributed by atoms with Crippen LogP contribution in [0.15, 0.2) is 18.2 Å². The van der Waals surface area contributed by atoms with E-state index >= 15 is 0 Å². The number of halogens is 4. The normalized spacial score (nSPS) is 26.4. The Labute approximate surface area is 148 Å². The molecule has 1 N–H and O–H groups in total. The summed E-state index contributed by atoms with van der Waals surface area (Å²) in [6.45, 7) is 2.47. The van der Waals surface area contributed by atoms with Crippen LogP contribution in [0.5, 0.6) is 5.75 Å². The fourth-order valence-corrected chi connectivity index (χ4v) is 3.39. The number of benzene rings is 1. The van der Waals surface area contributed by atoms with Crippen molar-refractivity contribution in [3.8, 4) is 5.75 Å². The van der Waals surface area contributed by atoms with Gasteiger partial charge in [0.25, 0.3) is 5.91 Å². The molecule has 4 nitrogen and oxygen atoms in total. The highest BCUT2D eigenvalue weighted by Crippen LogP contribution is 2.47. The summed E-state index contributed by atoms with van der Waals surface area (Å²) in [4.78, 5) is 12.7. The van der Waals surface area contributed by atoms with Gasteiger partial charge in [-0.2, -0.15) is 0 Å². The first kappa shape index (κ1) is 18.9. The first-order valence-corrected chi connectivity index (χ1v) is 8.65. The Balaban J connectivity index is 1.67. The number of nitrogens with one attached hydrogen (secondary N) is 1. The van der Waals surface area contributed by atoms with Crippen molar-refractivity contribution in [2.45, 2.75) is 51.1 Å². The van der Waals surface area contributed by atoms with Crippen LogP contribution in [0.1, 0.15) is 38.2 Å². The van der Waals surface area contributed by atoms with Gasteiger partial charge in [-0.15, -0.1) is 13.2 Å². The van der Waals surface area contributed by atoms with Crippen LogP contribution in [0.4, 0.5) is 17.6 Å². The standard InChI is InChI=1S/C18H21F4NO3/c1-11-4-5-17(25-10-11,13-2-3-13)16(24)23-9-12-6-14(19)8-15(7-12)26-18(20,21)22/h6-8,11,13H,2-5,9-10H2,1H3,(H,23,24)/t11?,17-/m0/s1. The van der Waals surface area contributed by atoms with Gasteiger partial charge in [0.2, 0.25) is 0 Å². The van der Waals surface area contributed by atoms with Crippen LogP contribution in [0, 0.1) is 17.7 Å². The lowest BCUT2D eigenvalue weighted by atomic mass is 9.84. The minimum Gasteiger partial charge on any atom is -0.406 e. The van der Waals surface area contributed by atoms with Crippen molar-refractivity contribution in [2.24, 2.45) is 11.8 Å². The van der Waals surface area contributed by atoms with Gasteiger partial charge < -0.3 is 14.8 Å². The first-order valence-electron chi connectivity index (χ1n) is 8.65. The maximum Gasteiger partial charge on any atom is 0.573 e. The molecule has 3 rings (SSSR count).